The Morgan fingerprint density at radius 2 is 2.00 bits per heavy atom. The zero-order valence-corrected chi connectivity index (χ0v) is 11.1. The van der Waals surface area contributed by atoms with Crippen LogP contribution in [0.15, 0.2) is 29.6 Å². The zero-order valence-electron chi connectivity index (χ0n) is 10.3. The molecule has 3 rings (SSSR count). The zero-order chi connectivity index (χ0) is 14.3. The number of rotatable bonds is 2. The second kappa shape index (κ2) is 4.20. The highest BCUT2D eigenvalue weighted by Gasteiger charge is 2.17. The normalized spacial score (nSPS) is 11.8. The lowest BCUT2D eigenvalue weighted by Crippen LogP contribution is -2.11. The summed E-state index contributed by atoms with van der Waals surface area (Å²) in [4.78, 5) is 15.7. The standard InChI is InChI=1S/C10H9N7O2S/c1-20(18,19)10-14-8(11)17-9(15-10)13-7(16-17)6-4-2-3-5-12-6/h2-5H,1H3,(H2,11,13,14,15,16). The molecule has 9 nitrogen and oxygen atoms in total. The van der Waals surface area contributed by atoms with Crippen LogP contribution in [0.1, 0.15) is 0 Å². The van der Waals surface area contributed by atoms with Gasteiger partial charge in [0.05, 0.1) is 0 Å². The molecule has 0 unspecified atom stereocenters. The monoisotopic (exact) mass is 291 g/mol. The Bertz CT molecular complexity index is 889. The van der Waals surface area contributed by atoms with Crippen molar-refractivity contribution in [3.05, 3.63) is 24.4 Å². The summed E-state index contributed by atoms with van der Waals surface area (Å²) in [5.41, 5.74) is 6.20. The van der Waals surface area contributed by atoms with E-state index in [1.807, 2.05) is 0 Å². The minimum Gasteiger partial charge on any atom is -0.368 e. The second-order valence-corrected chi connectivity index (χ2v) is 5.91. The minimum atomic E-state index is -3.57. The Morgan fingerprint density at radius 3 is 2.65 bits per heavy atom. The van der Waals surface area contributed by atoms with Crippen LogP contribution in [0.5, 0.6) is 0 Å². The summed E-state index contributed by atoms with van der Waals surface area (Å²) in [6.07, 6.45) is 2.59. The van der Waals surface area contributed by atoms with Gasteiger partial charge in [0.15, 0.2) is 0 Å². The van der Waals surface area contributed by atoms with Gasteiger partial charge in [0.2, 0.25) is 21.6 Å². The van der Waals surface area contributed by atoms with Gasteiger partial charge in [-0.2, -0.15) is 19.5 Å². The summed E-state index contributed by atoms with van der Waals surface area (Å²) >= 11 is 0. The van der Waals surface area contributed by atoms with E-state index in [1.54, 1.807) is 24.4 Å². The molecule has 0 aliphatic carbocycles. The molecule has 0 aliphatic heterocycles. The van der Waals surface area contributed by atoms with E-state index in [0.29, 0.717) is 5.69 Å². The van der Waals surface area contributed by atoms with Crippen molar-refractivity contribution in [1.82, 2.24) is 29.5 Å². The summed E-state index contributed by atoms with van der Waals surface area (Å²) in [7, 11) is -3.57. The second-order valence-electron chi connectivity index (χ2n) is 4.00. The third-order valence-electron chi connectivity index (χ3n) is 2.44. The van der Waals surface area contributed by atoms with E-state index in [9.17, 15) is 8.42 Å². The van der Waals surface area contributed by atoms with Crippen LogP contribution in [-0.4, -0.2) is 44.2 Å². The molecule has 3 aromatic heterocycles. The molecule has 0 radical (unpaired) electrons. The first kappa shape index (κ1) is 12.4. The molecular formula is C10H9N7O2S. The first-order valence-corrected chi connectivity index (χ1v) is 7.36. The molecule has 3 aromatic rings. The van der Waals surface area contributed by atoms with E-state index < -0.39 is 9.84 Å². The maximum Gasteiger partial charge on any atom is 0.258 e. The predicted molar refractivity (Wildman–Crippen MR) is 69.3 cm³/mol. The first-order valence-electron chi connectivity index (χ1n) is 5.47. The lowest BCUT2D eigenvalue weighted by atomic mass is 10.3. The van der Waals surface area contributed by atoms with Gasteiger partial charge >= 0.3 is 0 Å². The maximum atomic E-state index is 11.5. The Labute approximate surface area is 113 Å². The molecule has 2 N–H and O–H groups in total. The van der Waals surface area contributed by atoms with Crippen LogP contribution < -0.4 is 5.73 Å². The van der Waals surface area contributed by atoms with Gasteiger partial charge in [-0.05, 0) is 12.1 Å². The summed E-state index contributed by atoms with van der Waals surface area (Å²) < 4.78 is 24.1. The molecule has 102 valence electrons. The Morgan fingerprint density at radius 1 is 1.20 bits per heavy atom. The van der Waals surface area contributed by atoms with Crippen molar-refractivity contribution in [2.75, 3.05) is 12.0 Å². The number of nitrogens with zero attached hydrogens (tertiary/aromatic N) is 6. The molecule has 0 saturated carbocycles. The summed E-state index contributed by atoms with van der Waals surface area (Å²) in [6.45, 7) is 0. The third-order valence-corrected chi connectivity index (χ3v) is 3.28. The highest BCUT2D eigenvalue weighted by molar-refractivity contribution is 7.90. The number of nitrogen functional groups attached to an aromatic ring is 1. The number of nitrogens with two attached hydrogens (primary N) is 1. The number of pyridine rings is 1. The SMILES string of the molecule is CS(=O)(=O)c1nc(N)n2nc(-c3ccccn3)nc2n1. The quantitative estimate of drug-likeness (QED) is 0.673. The fourth-order valence-corrected chi connectivity index (χ4v) is 2.06. The smallest absolute Gasteiger partial charge is 0.258 e. The van der Waals surface area contributed by atoms with E-state index in [4.69, 9.17) is 5.73 Å². The molecule has 10 heteroatoms. The molecular weight excluding hydrogens is 282 g/mol. The van der Waals surface area contributed by atoms with Crippen LogP contribution >= 0.6 is 0 Å². The highest BCUT2D eigenvalue weighted by atomic mass is 32.2. The molecule has 0 saturated heterocycles. The Balaban J connectivity index is 2.24. The maximum absolute atomic E-state index is 11.5. The Hall–Kier alpha value is -2.62. The van der Waals surface area contributed by atoms with E-state index in [0.717, 1.165) is 6.26 Å². The van der Waals surface area contributed by atoms with Gasteiger partial charge in [0, 0.05) is 12.5 Å². The van der Waals surface area contributed by atoms with Crippen molar-refractivity contribution < 1.29 is 8.42 Å². The summed E-state index contributed by atoms with van der Waals surface area (Å²) in [5.74, 6) is 0.237. The van der Waals surface area contributed by atoms with Crippen LogP contribution in [-0.2, 0) is 9.84 Å². The fraction of sp³-hybridized carbons (Fsp3) is 0.100. The third kappa shape index (κ3) is 2.05. The summed E-state index contributed by atoms with van der Waals surface area (Å²) in [5, 5.41) is 3.72. The van der Waals surface area contributed by atoms with Gasteiger partial charge in [-0.1, -0.05) is 6.07 Å². The molecule has 0 amide bonds. The van der Waals surface area contributed by atoms with E-state index >= 15 is 0 Å². The lowest BCUT2D eigenvalue weighted by Gasteiger charge is -1.99. The van der Waals surface area contributed by atoms with Gasteiger partial charge in [-0.25, -0.2) is 8.42 Å². The molecule has 0 aromatic carbocycles. The number of fused-ring (bicyclic) bond motifs is 1. The van der Waals surface area contributed by atoms with Gasteiger partial charge < -0.3 is 5.73 Å². The van der Waals surface area contributed by atoms with Crippen LogP contribution in [0.2, 0.25) is 0 Å². The van der Waals surface area contributed by atoms with Crippen LogP contribution in [0.3, 0.4) is 0 Å². The van der Waals surface area contributed by atoms with Crippen molar-refractivity contribution in [2.24, 2.45) is 0 Å². The fourth-order valence-electron chi connectivity index (χ4n) is 1.56. The van der Waals surface area contributed by atoms with Gasteiger partial charge in [-0.15, -0.1) is 5.10 Å². The Kier molecular flexibility index (Phi) is 2.61. The predicted octanol–water partition coefficient (Wildman–Crippen LogP) is -0.433. The van der Waals surface area contributed by atoms with Crippen molar-refractivity contribution in [3.8, 4) is 11.5 Å². The van der Waals surface area contributed by atoms with Crippen LogP contribution in [0.4, 0.5) is 5.95 Å². The van der Waals surface area contributed by atoms with Gasteiger partial charge in [-0.3, -0.25) is 4.98 Å². The molecule has 3 heterocycles. The number of hydrogen-bond donors (Lipinski definition) is 1. The van der Waals surface area contributed by atoms with Crippen LogP contribution in [0, 0.1) is 0 Å². The topological polar surface area (TPSA) is 129 Å². The van der Waals surface area contributed by atoms with Crippen molar-refractivity contribution in [1.29, 1.82) is 0 Å². The molecule has 0 spiro atoms. The van der Waals surface area contributed by atoms with E-state index in [1.165, 1.54) is 4.52 Å². The number of sulfone groups is 1. The number of aromatic nitrogens is 6. The number of hydrogen-bond acceptors (Lipinski definition) is 8. The lowest BCUT2D eigenvalue weighted by molar-refractivity contribution is 0.592. The summed E-state index contributed by atoms with van der Waals surface area (Å²) in [6, 6.07) is 5.26. The largest absolute Gasteiger partial charge is 0.368 e. The van der Waals surface area contributed by atoms with E-state index in [2.05, 4.69) is 25.0 Å². The number of anilines is 1. The molecule has 0 aliphatic rings. The molecule has 0 fully saturated rings. The molecule has 20 heavy (non-hydrogen) atoms. The first-order chi connectivity index (χ1) is 9.45. The van der Waals surface area contributed by atoms with Crippen molar-refractivity contribution >= 4 is 21.6 Å². The van der Waals surface area contributed by atoms with Crippen molar-refractivity contribution in [2.45, 2.75) is 5.16 Å². The average molecular weight is 291 g/mol. The highest BCUT2D eigenvalue weighted by Crippen LogP contribution is 2.14. The van der Waals surface area contributed by atoms with Crippen molar-refractivity contribution in [3.63, 3.8) is 0 Å². The molecule has 0 atom stereocenters. The van der Waals surface area contributed by atoms with Gasteiger partial charge in [0.25, 0.3) is 10.9 Å². The van der Waals surface area contributed by atoms with E-state index in [-0.39, 0.29) is 22.7 Å². The van der Waals surface area contributed by atoms with Crippen LogP contribution in [0.25, 0.3) is 17.3 Å². The average Bonchev–Trinajstić information content (AvgIpc) is 2.83. The molecule has 0 bridgehead atoms. The minimum absolute atomic E-state index is 0.0542. The van der Waals surface area contributed by atoms with Gasteiger partial charge in [0.1, 0.15) is 5.69 Å².